The maximum Gasteiger partial charge on any atom is 0.354 e. The highest BCUT2D eigenvalue weighted by atomic mass is 16.4. The van der Waals surface area contributed by atoms with Crippen LogP contribution < -0.4 is 4.90 Å². The predicted octanol–water partition coefficient (Wildman–Crippen LogP) is 0.920. The molecule has 1 aliphatic rings. The number of pyridine rings is 1. The van der Waals surface area contributed by atoms with Crippen LogP contribution in [0.15, 0.2) is 18.3 Å². The number of hydrogen-bond acceptors (Lipinski definition) is 4. The zero-order valence-corrected chi connectivity index (χ0v) is 10.1. The van der Waals surface area contributed by atoms with E-state index in [9.17, 15) is 4.79 Å². The molecule has 1 unspecified atom stereocenters. The quantitative estimate of drug-likeness (QED) is 0.826. The van der Waals surface area contributed by atoms with E-state index in [2.05, 4.69) is 28.8 Å². The average molecular weight is 235 g/mol. The van der Waals surface area contributed by atoms with E-state index in [0.29, 0.717) is 6.04 Å². The SMILES string of the molecule is CC1CN(C)CCN1c1ccc(C(=O)O)nc1. The van der Waals surface area contributed by atoms with Crippen LogP contribution in [0.1, 0.15) is 17.4 Å². The van der Waals surface area contributed by atoms with Crippen molar-refractivity contribution in [3.8, 4) is 0 Å². The lowest BCUT2D eigenvalue weighted by atomic mass is 10.2. The van der Waals surface area contributed by atoms with Gasteiger partial charge in [0, 0.05) is 25.7 Å². The highest BCUT2D eigenvalue weighted by molar-refractivity contribution is 5.85. The number of carboxylic acid groups (broad SMARTS) is 1. The average Bonchev–Trinajstić information content (AvgIpc) is 2.29. The van der Waals surface area contributed by atoms with Crippen LogP contribution >= 0.6 is 0 Å². The van der Waals surface area contributed by atoms with E-state index in [1.165, 1.54) is 0 Å². The molecule has 1 N–H and O–H groups in total. The fraction of sp³-hybridized carbons (Fsp3) is 0.500. The summed E-state index contributed by atoms with van der Waals surface area (Å²) >= 11 is 0. The summed E-state index contributed by atoms with van der Waals surface area (Å²) in [7, 11) is 2.11. The minimum absolute atomic E-state index is 0.0931. The fourth-order valence-corrected chi connectivity index (χ4v) is 2.21. The van der Waals surface area contributed by atoms with E-state index >= 15 is 0 Å². The third-order valence-electron chi connectivity index (χ3n) is 3.13. The van der Waals surface area contributed by atoms with Crippen molar-refractivity contribution >= 4 is 11.7 Å². The second-order valence-electron chi connectivity index (χ2n) is 4.51. The number of carbonyl (C=O) groups is 1. The second-order valence-corrected chi connectivity index (χ2v) is 4.51. The highest BCUT2D eigenvalue weighted by Crippen LogP contribution is 2.19. The predicted molar refractivity (Wildman–Crippen MR) is 65.5 cm³/mol. The Morgan fingerprint density at radius 3 is 2.76 bits per heavy atom. The Hall–Kier alpha value is -1.62. The monoisotopic (exact) mass is 235 g/mol. The van der Waals surface area contributed by atoms with Gasteiger partial charge in [0.2, 0.25) is 0 Å². The molecular formula is C12H17N3O2. The van der Waals surface area contributed by atoms with Crippen LogP contribution in [0.5, 0.6) is 0 Å². The van der Waals surface area contributed by atoms with Crippen LogP contribution in [-0.2, 0) is 0 Å². The van der Waals surface area contributed by atoms with Gasteiger partial charge in [-0.15, -0.1) is 0 Å². The summed E-state index contributed by atoms with van der Waals surface area (Å²) in [6.45, 7) is 5.15. The van der Waals surface area contributed by atoms with Crippen LogP contribution in [0, 0.1) is 0 Å². The van der Waals surface area contributed by atoms with Gasteiger partial charge in [0.15, 0.2) is 0 Å². The lowest BCUT2D eigenvalue weighted by Gasteiger charge is -2.39. The number of aromatic nitrogens is 1. The Morgan fingerprint density at radius 2 is 2.24 bits per heavy atom. The van der Waals surface area contributed by atoms with E-state index in [1.807, 2.05) is 6.07 Å². The lowest BCUT2D eigenvalue weighted by Crippen LogP contribution is -2.50. The van der Waals surface area contributed by atoms with Crippen LogP contribution in [0.2, 0.25) is 0 Å². The summed E-state index contributed by atoms with van der Waals surface area (Å²) in [5.74, 6) is -0.983. The first-order chi connectivity index (χ1) is 8.08. The van der Waals surface area contributed by atoms with Crippen molar-refractivity contribution in [1.29, 1.82) is 0 Å². The van der Waals surface area contributed by atoms with Crippen molar-refractivity contribution in [3.63, 3.8) is 0 Å². The number of anilines is 1. The van der Waals surface area contributed by atoms with Gasteiger partial charge in [0.25, 0.3) is 0 Å². The van der Waals surface area contributed by atoms with Crippen molar-refractivity contribution < 1.29 is 9.90 Å². The van der Waals surface area contributed by atoms with E-state index < -0.39 is 5.97 Å². The molecule has 1 fully saturated rings. The van der Waals surface area contributed by atoms with Crippen LogP contribution in [-0.4, -0.2) is 53.7 Å². The number of aromatic carboxylic acids is 1. The molecule has 17 heavy (non-hydrogen) atoms. The summed E-state index contributed by atoms with van der Waals surface area (Å²) in [6, 6.07) is 3.81. The highest BCUT2D eigenvalue weighted by Gasteiger charge is 2.21. The van der Waals surface area contributed by atoms with E-state index in [1.54, 1.807) is 12.3 Å². The van der Waals surface area contributed by atoms with Crippen molar-refractivity contribution in [3.05, 3.63) is 24.0 Å². The first-order valence-corrected chi connectivity index (χ1v) is 5.72. The molecule has 92 valence electrons. The van der Waals surface area contributed by atoms with Gasteiger partial charge in [0.1, 0.15) is 5.69 Å². The molecule has 0 spiro atoms. The minimum Gasteiger partial charge on any atom is -0.477 e. The summed E-state index contributed by atoms with van der Waals surface area (Å²) in [4.78, 5) is 19.2. The van der Waals surface area contributed by atoms with Crippen molar-refractivity contribution in [1.82, 2.24) is 9.88 Å². The van der Waals surface area contributed by atoms with Gasteiger partial charge in [-0.25, -0.2) is 9.78 Å². The minimum atomic E-state index is -0.983. The van der Waals surface area contributed by atoms with Gasteiger partial charge in [0.05, 0.1) is 11.9 Å². The molecule has 0 radical (unpaired) electrons. The first kappa shape index (κ1) is 11.9. The summed E-state index contributed by atoms with van der Waals surface area (Å²) in [6.07, 6.45) is 1.64. The molecule has 0 bridgehead atoms. The molecule has 1 aliphatic heterocycles. The maximum absolute atomic E-state index is 10.7. The van der Waals surface area contributed by atoms with Gasteiger partial charge >= 0.3 is 5.97 Å². The zero-order valence-electron chi connectivity index (χ0n) is 10.1. The van der Waals surface area contributed by atoms with Crippen molar-refractivity contribution in [2.75, 3.05) is 31.6 Å². The van der Waals surface area contributed by atoms with Gasteiger partial charge in [-0.05, 0) is 26.1 Å². The zero-order chi connectivity index (χ0) is 12.4. The summed E-state index contributed by atoms with van der Waals surface area (Å²) < 4.78 is 0. The molecule has 2 heterocycles. The summed E-state index contributed by atoms with van der Waals surface area (Å²) in [5.41, 5.74) is 1.09. The van der Waals surface area contributed by atoms with Crippen LogP contribution in [0.3, 0.4) is 0 Å². The molecule has 0 aromatic carbocycles. The standard InChI is InChI=1S/C12H17N3O2/c1-9-8-14(2)5-6-15(9)10-3-4-11(12(16)17)13-7-10/h3-4,7,9H,5-6,8H2,1-2H3,(H,16,17). The maximum atomic E-state index is 10.7. The second kappa shape index (κ2) is 4.71. The van der Waals surface area contributed by atoms with E-state index in [-0.39, 0.29) is 5.69 Å². The Kier molecular flexibility index (Phi) is 3.28. The van der Waals surface area contributed by atoms with E-state index in [4.69, 9.17) is 5.11 Å². The molecule has 1 aromatic heterocycles. The molecule has 1 saturated heterocycles. The largest absolute Gasteiger partial charge is 0.477 e. The third kappa shape index (κ3) is 2.55. The third-order valence-corrected chi connectivity index (χ3v) is 3.13. The van der Waals surface area contributed by atoms with Crippen molar-refractivity contribution in [2.45, 2.75) is 13.0 Å². The molecular weight excluding hydrogens is 218 g/mol. The first-order valence-electron chi connectivity index (χ1n) is 5.72. The van der Waals surface area contributed by atoms with Gasteiger partial charge in [-0.2, -0.15) is 0 Å². The molecule has 1 aromatic rings. The summed E-state index contributed by atoms with van der Waals surface area (Å²) in [5, 5.41) is 8.79. The number of nitrogens with zero attached hydrogens (tertiary/aromatic N) is 3. The van der Waals surface area contributed by atoms with Gasteiger partial charge in [-0.1, -0.05) is 0 Å². The molecule has 2 rings (SSSR count). The Morgan fingerprint density at radius 1 is 1.47 bits per heavy atom. The molecule has 1 atom stereocenters. The van der Waals surface area contributed by atoms with Gasteiger partial charge in [-0.3, -0.25) is 0 Å². The molecule has 0 amide bonds. The molecule has 5 heteroatoms. The Labute approximate surface area is 101 Å². The number of rotatable bonds is 2. The number of piperazine rings is 1. The Bertz CT molecular complexity index is 405. The number of hydrogen-bond donors (Lipinski definition) is 1. The number of carboxylic acids is 1. The van der Waals surface area contributed by atoms with E-state index in [0.717, 1.165) is 25.3 Å². The smallest absolute Gasteiger partial charge is 0.354 e. The fourth-order valence-electron chi connectivity index (χ4n) is 2.21. The lowest BCUT2D eigenvalue weighted by molar-refractivity contribution is 0.0690. The normalized spacial score (nSPS) is 21.5. The van der Waals surface area contributed by atoms with Crippen molar-refractivity contribution in [2.24, 2.45) is 0 Å². The van der Waals surface area contributed by atoms with Crippen LogP contribution in [0.25, 0.3) is 0 Å². The topological polar surface area (TPSA) is 56.7 Å². The molecule has 0 saturated carbocycles. The van der Waals surface area contributed by atoms with Crippen LogP contribution in [0.4, 0.5) is 5.69 Å². The number of likely N-dealkylation sites (N-methyl/N-ethyl adjacent to an activating group) is 1. The van der Waals surface area contributed by atoms with Gasteiger partial charge < -0.3 is 14.9 Å². The Balaban J connectivity index is 2.14. The molecule has 0 aliphatic carbocycles. The molecule has 5 nitrogen and oxygen atoms in total.